The van der Waals surface area contributed by atoms with Crippen LogP contribution in [0.4, 0.5) is 8.78 Å². The number of carbonyl (C=O) groups is 1. The van der Waals surface area contributed by atoms with Gasteiger partial charge in [-0.3, -0.25) is 4.79 Å². The van der Waals surface area contributed by atoms with Crippen molar-refractivity contribution in [1.82, 2.24) is 20.1 Å². The maximum atomic E-state index is 13.2. The van der Waals surface area contributed by atoms with Crippen molar-refractivity contribution < 1.29 is 18.7 Å². The van der Waals surface area contributed by atoms with E-state index in [0.29, 0.717) is 29.1 Å². The maximum Gasteiger partial charge on any atom is 0.272 e. The number of halogens is 3. The van der Waals surface area contributed by atoms with Crippen LogP contribution in [0.25, 0.3) is 5.82 Å². The number of nitrogens with one attached hydrogen (secondary N) is 1. The first kappa shape index (κ1) is 17.4. The molecule has 0 unspecified atom stereocenters. The van der Waals surface area contributed by atoms with Crippen LogP contribution in [0.3, 0.4) is 0 Å². The summed E-state index contributed by atoms with van der Waals surface area (Å²) in [6.07, 6.45) is 3.27. The van der Waals surface area contributed by atoms with E-state index in [2.05, 4.69) is 15.4 Å². The van der Waals surface area contributed by atoms with Crippen LogP contribution in [-0.2, 0) is 6.42 Å². The van der Waals surface area contributed by atoms with Gasteiger partial charge in [-0.05, 0) is 24.8 Å². The summed E-state index contributed by atoms with van der Waals surface area (Å²) in [7, 11) is 0. The van der Waals surface area contributed by atoms with Crippen LogP contribution < -0.4 is 5.32 Å². The Labute approximate surface area is 153 Å². The number of aromatic nitrogens is 3. The molecule has 0 aliphatic heterocycles. The third-order valence-electron chi connectivity index (χ3n) is 5.10. The van der Waals surface area contributed by atoms with E-state index in [1.807, 2.05) is 0 Å². The molecule has 6 nitrogen and oxygen atoms in total. The van der Waals surface area contributed by atoms with Crippen molar-refractivity contribution in [3.05, 3.63) is 40.3 Å². The van der Waals surface area contributed by atoms with Crippen LogP contribution in [0.5, 0.6) is 0 Å². The predicted octanol–water partition coefficient (Wildman–Crippen LogP) is 1.98. The second-order valence-corrected chi connectivity index (χ2v) is 7.36. The molecule has 1 amide bonds. The minimum Gasteiger partial charge on any atom is -0.394 e. The van der Waals surface area contributed by atoms with Crippen molar-refractivity contribution in [3.63, 3.8) is 0 Å². The lowest BCUT2D eigenvalue weighted by molar-refractivity contribution is 0.0707. The number of hydrogen-bond donors (Lipinski definition) is 2. The lowest BCUT2D eigenvalue weighted by atomic mass is 10.0. The fourth-order valence-electron chi connectivity index (χ4n) is 3.51. The van der Waals surface area contributed by atoms with Crippen molar-refractivity contribution in [1.29, 1.82) is 0 Å². The Morgan fingerprint density at radius 2 is 2.23 bits per heavy atom. The molecule has 1 saturated carbocycles. The molecule has 2 aromatic rings. The maximum absolute atomic E-state index is 13.2. The molecule has 2 N–H and O–H groups in total. The number of pyridine rings is 1. The van der Waals surface area contributed by atoms with Crippen molar-refractivity contribution in [2.45, 2.75) is 24.3 Å². The van der Waals surface area contributed by atoms with Gasteiger partial charge in [-0.2, -0.15) is 5.10 Å². The highest BCUT2D eigenvalue weighted by molar-refractivity contribution is 6.30. The summed E-state index contributed by atoms with van der Waals surface area (Å²) in [4.78, 5) is 16.9. The van der Waals surface area contributed by atoms with Crippen molar-refractivity contribution in [2.24, 2.45) is 5.92 Å². The van der Waals surface area contributed by atoms with Gasteiger partial charge in [0, 0.05) is 28.8 Å². The first-order valence-corrected chi connectivity index (χ1v) is 8.68. The smallest absolute Gasteiger partial charge is 0.272 e. The van der Waals surface area contributed by atoms with Gasteiger partial charge in [0.1, 0.15) is 18.9 Å². The van der Waals surface area contributed by atoms with E-state index in [1.165, 1.54) is 0 Å². The fraction of sp³-hybridized carbons (Fsp3) is 0.471. The number of alkyl halides is 2. The van der Waals surface area contributed by atoms with E-state index in [0.717, 1.165) is 17.7 Å². The molecule has 1 fully saturated rings. The summed E-state index contributed by atoms with van der Waals surface area (Å²) >= 11 is 6.03. The molecule has 2 atom stereocenters. The number of rotatable bonds is 6. The molecule has 0 spiro atoms. The number of aliphatic hydroxyl groups excluding tert-OH is 1. The lowest BCUT2D eigenvalue weighted by Crippen LogP contribution is -2.55. The van der Waals surface area contributed by atoms with E-state index in [-0.39, 0.29) is 5.69 Å². The van der Waals surface area contributed by atoms with Gasteiger partial charge in [0.15, 0.2) is 11.5 Å². The minimum absolute atomic E-state index is 0.119. The lowest BCUT2D eigenvalue weighted by Gasteiger charge is -2.26. The molecule has 4 rings (SSSR count). The van der Waals surface area contributed by atoms with Gasteiger partial charge in [-0.15, -0.1) is 0 Å². The van der Waals surface area contributed by atoms with Crippen LogP contribution in [0.2, 0.25) is 5.02 Å². The highest BCUT2D eigenvalue weighted by Crippen LogP contribution is 2.57. The molecule has 0 aromatic carbocycles. The fourth-order valence-corrected chi connectivity index (χ4v) is 3.66. The monoisotopic (exact) mass is 382 g/mol. The Hall–Kier alpha value is -2.06. The first-order valence-electron chi connectivity index (χ1n) is 8.31. The molecule has 2 aromatic heterocycles. The van der Waals surface area contributed by atoms with E-state index < -0.39 is 31.4 Å². The van der Waals surface area contributed by atoms with Crippen molar-refractivity contribution in [2.75, 3.05) is 20.0 Å². The molecule has 2 aliphatic carbocycles. The summed E-state index contributed by atoms with van der Waals surface area (Å²) in [6.45, 7) is -3.26. The Morgan fingerprint density at radius 1 is 1.46 bits per heavy atom. The standard InChI is InChI=1S/C17H17ClF2N4O2/c18-10-1-2-21-13(5-10)24-15-11-3-9(11)4-12(15)14(23-24)16(26)22-17(6-19,7-20)8-25/h1-2,5,9,11,25H,3-4,6-8H2,(H,22,26)/t9-,11-/m1/s1. The minimum atomic E-state index is -1.94. The molecule has 0 bridgehead atoms. The highest BCUT2D eigenvalue weighted by Gasteiger charge is 2.50. The number of nitrogens with zero attached hydrogens (tertiary/aromatic N) is 3. The number of amides is 1. The SMILES string of the molecule is O=C(NC(CO)(CF)CF)c1nn(-c2cc(Cl)ccn2)c2c1C[C@H]1C[C@@H]21. The molecule has 26 heavy (non-hydrogen) atoms. The number of hydrogen-bond acceptors (Lipinski definition) is 4. The zero-order chi connectivity index (χ0) is 18.5. The van der Waals surface area contributed by atoms with Gasteiger partial charge in [0.25, 0.3) is 5.91 Å². The molecule has 0 saturated heterocycles. The molecular formula is C17H17ClF2N4O2. The summed E-state index contributed by atoms with van der Waals surface area (Å²) in [5, 5.41) is 16.4. The summed E-state index contributed by atoms with van der Waals surface area (Å²) in [5.41, 5.74) is -0.141. The average molecular weight is 383 g/mol. The van der Waals surface area contributed by atoms with E-state index >= 15 is 0 Å². The average Bonchev–Trinajstić information content (AvgIpc) is 3.15. The highest BCUT2D eigenvalue weighted by atomic mass is 35.5. The van der Waals surface area contributed by atoms with E-state index in [4.69, 9.17) is 11.6 Å². The largest absolute Gasteiger partial charge is 0.394 e. The van der Waals surface area contributed by atoms with Crippen LogP contribution in [0.1, 0.15) is 34.1 Å². The first-order chi connectivity index (χ1) is 12.5. The van der Waals surface area contributed by atoms with E-state index in [9.17, 15) is 18.7 Å². The summed E-state index contributed by atoms with van der Waals surface area (Å²) in [5.74, 6) is 0.562. The number of fused-ring (bicyclic) bond motifs is 3. The number of carbonyl (C=O) groups excluding carboxylic acids is 1. The van der Waals surface area contributed by atoms with Gasteiger partial charge in [0.05, 0.1) is 12.3 Å². The van der Waals surface area contributed by atoms with Crippen molar-refractivity contribution in [3.8, 4) is 5.82 Å². The summed E-state index contributed by atoms with van der Waals surface area (Å²) in [6, 6.07) is 3.29. The Morgan fingerprint density at radius 3 is 2.88 bits per heavy atom. The Bertz CT molecular complexity index is 860. The topological polar surface area (TPSA) is 80.0 Å². The zero-order valence-corrected chi connectivity index (χ0v) is 14.5. The zero-order valence-electron chi connectivity index (χ0n) is 13.8. The van der Waals surface area contributed by atoms with Gasteiger partial charge in [-0.25, -0.2) is 18.4 Å². The normalized spacial score (nSPS) is 20.6. The van der Waals surface area contributed by atoms with E-state index in [1.54, 1.807) is 23.0 Å². The van der Waals surface area contributed by atoms with Crippen molar-refractivity contribution >= 4 is 17.5 Å². The molecule has 9 heteroatoms. The molecule has 0 radical (unpaired) electrons. The van der Waals surface area contributed by atoms with Crippen LogP contribution in [-0.4, -0.2) is 51.3 Å². The van der Waals surface area contributed by atoms with Crippen LogP contribution >= 0.6 is 11.6 Å². The Kier molecular flexibility index (Phi) is 4.19. The molecule has 138 valence electrons. The quantitative estimate of drug-likeness (QED) is 0.800. The molecule has 2 heterocycles. The van der Waals surface area contributed by atoms with Crippen LogP contribution in [0.15, 0.2) is 18.3 Å². The second-order valence-electron chi connectivity index (χ2n) is 6.92. The second kappa shape index (κ2) is 6.28. The van der Waals surface area contributed by atoms with Gasteiger partial charge >= 0.3 is 0 Å². The van der Waals surface area contributed by atoms with Gasteiger partial charge in [0.2, 0.25) is 0 Å². The van der Waals surface area contributed by atoms with Gasteiger partial charge in [-0.1, -0.05) is 11.6 Å². The Balaban J connectivity index is 1.73. The third-order valence-corrected chi connectivity index (χ3v) is 5.33. The third kappa shape index (κ3) is 2.68. The summed E-state index contributed by atoms with van der Waals surface area (Å²) < 4.78 is 28.0. The molecule has 2 aliphatic rings. The predicted molar refractivity (Wildman–Crippen MR) is 90.2 cm³/mol. The van der Waals surface area contributed by atoms with Crippen LogP contribution in [0, 0.1) is 5.92 Å². The molecular weight excluding hydrogens is 366 g/mol. The number of aliphatic hydroxyl groups is 1. The van der Waals surface area contributed by atoms with Gasteiger partial charge < -0.3 is 10.4 Å².